The molecule has 14 rings (SSSR count). The summed E-state index contributed by atoms with van der Waals surface area (Å²) in [6, 6.07) is 61.5. The van der Waals surface area contributed by atoms with Crippen LogP contribution in [0.1, 0.15) is 0 Å². The highest BCUT2D eigenvalue weighted by molar-refractivity contribution is 7.26. The van der Waals surface area contributed by atoms with Crippen LogP contribution in [0.2, 0.25) is 0 Å². The first-order valence-electron chi connectivity index (χ1n) is 19.3. The monoisotopic (exact) mass is 744 g/mol. The van der Waals surface area contributed by atoms with Gasteiger partial charge < -0.3 is 18.3 Å². The summed E-state index contributed by atoms with van der Waals surface area (Å²) in [4.78, 5) is 2.34. The molecular formula is C52H28N2O2S. The molecule has 0 amide bonds. The van der Waals surface area contributed by atoms with Crippen molar-refractivity contribution in [1.29, 1.82) is 0 Å². The molecule has 4 nitrogen and oxygen atoms in total. The lowest BCUT2D eigenvalue weighted by Gasteiger charge is -2.26. The molecule has 0 bridgehead atoms. The van der Waals surface area contributed by atoms with E-state index in [9.17, 15) is 0 Å². The highest BCUT2D eigenvalue weighted by Gasteiger charge is 2.26. The van der Waals surface area contributed by atoms with E-state index in [2.05, 4.69) is 155 Å². The van der Waals surface area contributed by atoms with Crippen molar-refractivity contribution in [2.24, 2.45) is 0 Å². The zero-order valence-corrected chi connectivity index (χ0v) is 31.1. The van der Waals surface area contributed by atoms with Crippen molar-refractivity contribution in [2.45, 2.75) is 0 Å². The number of furan rings is 2. The predicted octanol–water partition coefficient (Wildman–Crippen LogP) is 15.6. The number of hydrogen-bond donors (Lipinski definition) is 0. The van der Waals surface area contributed by atoms with Crippen LogP contribution in [0.3, 0.4) is 0 Å². The second kappa shape index (κ2) is 10.7. The van der Waals surface area contributed by atoms with Crippen LogP contribution in [0.15, 0.2) is 179 Å². The van der Waals surface area contributed by atoms with E-state index in [1.54, 1.807) is 0 Å². The summed E-state index contributed by atoms with van der Waals surface area (Å²) in [5, 5.41) is 12.4. The van der Waals surface area contributed by atoms with Gasteiger partial charge in [-0.05, 0) is 101 Å². The van der Waals surface area contributed by atoms with Crippen LogP contribution >= 0.6 is 11.3 Å². The van der Waals surface area contributed by atoms with Crippen molar-refractivity contribution in [3.05, 3.63) is 170 Å². The van der Waals surface area contributed by atoms with Gasteiger partial charge in [-0.15, -0.1) is 11.3 Å². The lowest BCUT2D eigenvalue weighted by Crippen LogP contribution is -2.10. The number of aromatic nitrogens is 1. The Morgan fingerprint density at radius 2 is 1.04 bits per heavy atom. The first kappa shape index (κ1) is 29.9. The summed E-state index contributed by atoms with van der Waals surface area (Å²) < 4.78 is 17.9. The maximum Gasteiger partial charge on any atom is 0.137 e. The molecule has 13 aromatic rings. The highest BCUT2D eigenvalue weighted by Crippen LogP contribution is 2.52. The Kier molecular flexibility index (Phi) is 5.62. The van der Waals surface area contributed by atoms with Gasteiger partial charge in [0.15, 0.2) is 0 Å². The quantitative estimate of drug-likeness (QED) is 0.180. The molecule has 4 aromatic heterocycles. The van der Waals surface area contributed by atoms with E-state index >= 15 is 0 Å². The van der Waals surface area contributed by atoms with Gasteiger partial charge in [0.2, 0.25) is 0 Å². The maximum absolute atomic E-state index is 6.46. The Balaban J connectivity index is 1.04. The Labute approximate surface area is 328 Å². The third kappa shape index (κ3) is 3.91. The number of thiophene rings is 1. The van der Waals surface area contributed by atoms with E-state index in [1.807, 2.05) is 35.6 Å². The molecule has 0 saturated carbocycles. The minimum atomic E-state index is 0.857. The Hall–Kier alpha value is -7.34. The fraction of sp³-hybridized carbons (Fsp3) is 0. The zero-order valence-electron chi connectivity index (χ0n) is 30.3. The molecule has 0 radical (unpaired) electrons. The molecular weight excluding hydrogens is 717 g/mol. The lowest BCUT2D eigenvalue weighted by molar-refractivity contribution is 0.668. The van der Waals surface area contributed by atoms with E-state index in [0.717, 1.165) is 66.6 Å². The fourth-order valence-electron chi connectivity index (χ4n) is 9.92. The van der Waals surface area contributed by atoms with Crippen molar-refractivity contribution < 1.29 is 8.83 Å². The maximum atomic E-state index is 6.46. The van der Waals surface area contributed by atoms with Crippen LogP contribution in [-0.2, 0) is 0 Å². The number of para-hydroxylation sites is 2. The summed E-state index contributed by atoms with van der Waals surface area (Å²) in [5.74, 6) is 0. The van der Waals surface area contributed by atoms with Gasteiger partial charge in [-0.1, -0.05) is 78.9 Å². The van der Waals surface area contributed by atoms with Crippen molar-refractivity contribution in [2.75, 3.05) is 4.90 Å². The Bertz CT molecular complexity index is 3900. The van der Waals surface area contributed by atoms with Gasteiger partial charge in [0, 0.05) is 86.7 Å². The van der Waals surface area contributed by atoms with Crippen LogP contribution in [0, 0.1) is 0 Å². The largest absolute Gasteiger partial charge is 0.456 e. The molecule has 5 heteroatoms. The Morgan fingerprint density at radius 3 is 1.93 bits per heavy atom. The smallest absolute Gasteiger partial charge is 0.137 e. The molecule has 0 aliphatic heterocycles. The van der Waals surface area contributed by atoms with Crippen LogP contribution < -0.4 is 4.90 Å². The number of hydrogen-bond acceptors (Lipinski definition) is 4. The van der Waals surface area contributed by atoms with Crippen molar-refractivity contribution in [3.8, 4) is 16.8 Å². The summed E-state index contributed by atoms with van der Waals surface area (Å²) in [6.07, 6.45) is 0. The minimum absolute atomic E-state index is 0.857. The van der Waals surface area contributed by atoms with Crippen LogP contribution in [0.5, 0.6) is 0 Å². The number of nitrogens with zero attached hydrogens (tertiary/aromatic N) is 2. The molecule has 9 aromatic carbocycles. The van der Waals surface area contributed by atoms with E-state index in [1.165, 1.54) is 63.9 Å². The average molecular weight is 745 g/mol. The molecule has 0 atom stereocenters. The second-order valence-electron chi connectivity index (χ2n) is 15.2. The average Bonchev–Trinajstić information content (AvgIpc) is 4.00. The predicted molar refractivity (Wildman–Crippen MR) is 239 cm³/mol. The summed E-state index contributed by atoms with van der Waals surface area (Å²) in [7, 11) is 0. The van der Waals surface area contributed by atoms with Crippen molar-refractivity contribution >= 4 is 125 Å². The zero-order chi connectivity index (χ0) is 36.9. The second-order valence-corrected chi connectivity index (χ2v) is 16.3. The van der Waals surface area contributed by atoms with Gasteiger partial charge in [-0.2, -0.15) is 0 Å². The Morgan fingerprint density at radius 1 is 0.386 bits per heavy atom. The van der Waals surface area contributed by atoms with Gasteiger partial charge in [-0.3, -0.25) is 0 Å². The SMILES string of the molecule is c1cc(N(c2ccc3c(c2)oc2ccccc23)c2ccc3oc4ccccc4c3c2)cc(-n2c3cccc4c3c3c5c(ccc6sc7cccc-4c7c65)ccc32)c1. The molecule has 0 fully saturated rings. The summed E-state index contributed by atoms with van der Waals surface area (Å²) in [6.45, 7) is 0. The van der Waals surface area contributed by atoms with Gasteiger partial charge in [0.05, 0.1) is 11.0 Å². The molecule has 0 saturated heterocycles. The van der Waals surface area contributed by atoms with E-state index < -0.39 is 0 Å². The van der Waals surface area contributed by atoms with E-state index in [0.29, 0.717) is 0 Å². The molecule has 57 heavy (non-hydrogen) atoms. The first-order valence-corrected chi connectivity index (χ1v) is 20.1. The molecule has 0 N–H and O–H groups in total. The number of fused-ring (bicyclic) bond motifs is 7. The molecule has 1 aliphatic carbocycles. The van der Waals surface area contributed by atoms with E-state index in [4.69, 9.17) is 8.83 Å². The van der Waals surface area contributed by atoms with E-state index in [-0.39, 0.29) is 0 Å². The van der Waals surface area contributed by atoms with Crippen molar-refractivity contribution in [3.63, 3.8) is 0 Å². The van der Waals surface area contributed by atoms with Gasteiger partial charge >= 0.3 is 0 Å². The van der Waals surface area contributed by atoms with Gasteiger partial charge in [-0.25, -0.2) is 0 Å². The van der Waals surface area contributed by atoms with Crippen LogP contribution in [0.25, 0.3) is 113 Å². The first-order chi connectivity index (χ1) is 28.2. The highest BCUT2D eigenvalue weighted by atomic mass is 32.1. The third-order valence-corrected chi connectivity index (χ3v) is 13.4. The lowest BCUT2D eigenvalue weighted by atomic mass is 9.98. The van der Waals surface area contributed by atoms with Crippen LogP contribution in [0.4, 0.5) is 17.1 Å². The third-order valence-electron chi connectivity index (χ3n) is 12.3. The van der Waals surface area contributed by atoms with Crippen molar-refractivity contribution in [1.82, 2.24) is 4.57 Å². The summed E-state index contributed by atoms with van der Waals surface area (Å²) in [5.41, 5.74) is 12.7. The van der Waals surface area contributed by atoms with Crippen LogP contribution in [-0.4, -0.2) is 4.57 Å². The molecule has 0 spiro atoms. The molecule has 0 unspecified atom stereocenters. The number of benzene rings is 9. The minimum Gasteiger partial charge on any atom is -0.456 e. The van der Waals surface area contributed by atoms with Gasteiger partial charge in [0.25, 0.3) is 0 Å². The number of anilines is 3. The molecule has 264 valence electrons. The molecule has 1 aliphatic rings. The normalized spacial score (nSPS) is 12.6. The standard InChI is InChI=1S/C52H28N2O2S/c1-3-15-42-34(10-1)36-22-20-33(28-45(36)56-42)53(32-21-24-44-39(27-32)35-11-2-4-16-43(35)55-44)30-8-5-9-31(26-30)54-40-14-6-12-37-38-13-7-17-46-50(38)52-47(57-46)25-19-29-18-23-41(54)51(48(29)52)49(37)40/h1-28H. The van der Waals surface area contributed by atoms with Gasteiger partial charge in [0.1, 0.15) is 22.3 Å². The molecule has 4 heterocycles. The fourth-order valence-corrected chi connectivity index (χ4v) is 11.1. The number of rotatable bonds is 4. The topological polar surface area (TPSA) is 34.5 Å². The summed E-state index contributed by atoms with van der Waals surface area (Å²) >= 11 is 1.90.